The fourth-order valence-corrected chi connectivity index (χ4v) is 2.00. The number of nitro benzene ring substituents is 1. The van der Waals surface area contributed by atoms with Crippen LogP contribution in [0.5, 0.6) is 0 Å². The summed E-state index contributed by atoms with van der Waals surface area (Å²) < 4.78 is 13.3. The molecule has 0 aromatic heterocycles. The molecule has 0 saturated heterocycles. The van der Waals surface area contributed by atoms with Crippen LogP contribution in [0.25, 0.3) is 0 Å². The van der Waals surface area contributed by atoms with Gasteiger partial charge in [-0.05, 0) is 36.6 Å². The highest BCUT2D eigenvalue weighted by Crippen LogP contribution is 2.24. The molecule has 0 heterocycles. The van der Waals surface area contributed by atoms with Crippen molar-refractivity contribution in [1.82, 2.24) is 0 Å². The first kappa shape index (κ1) is 13.4. The van der Waals surface area contributed by atoms with Crippen LogP contribution in [-0.2, 0) is 0 Å². The monoisotopic (exact) mass is 278 g/mol. The molecule has 4 nitrogen and oxygen atoms in total. The number of halogens is 1. The van der Waals surface area contributed by atoms with Crippen LogP contribution in [0.3, 0.4) is 0 Å². The third-order valence-electron chi connectivity index (χ3n) is 2.47. The Kier molecular flexibility index (Phi) is 4.01. The maximum Gasteiger partial charge on any atom is 0.274 e. The summed E-state index contributed by atoms with van der Waals surface area (Å²) in [6.45, 7) is 0. The number of non-ortho nitro benzene ring substituents is 1. The fraction of sp³-hybridized carbons (Fsp3) is 0.0769. The van der Waals surface area contributed by atoms with Crippen LogP contribution in [-0.4, -0.2) is 11.2 Å². The number of benzene rings is 2. The minimum Gasteiger partial charge on any atom is -0.355 e. The van der Waals surface area contributed by atoms with E-state index in [0.29, 0.717) is 5.69 Å². The predicted octanol–water partition coefficient (Wildman–Crippen LogP) is 4.20. The average Bonchev–Trinajstić information content (AvgIpc) is 2.39. The van der Waals surface area contributed by atoms with E-state index < -0.39 is 10.7 Å². The molecule has 0 radical (unpaired) electrons. The summed E-state index contributed by atoms with van der Waals surface area (Å²) in [5, 5.41) is 13.6. The zero-order valence-corrected chi connectivity index (χ0v) is 10.9. The van der Waals surface area contributed by atoms with Gasteiger partial charge in [-0.25, -0.2) is 4.39 Å². The van der Waals surface area contributed by atoms with E-state index in [1.54, 1.807) is 11.8 Å². The van der Waals surface area contributed by atoms with E-state index in [4.69, 9.17) is 0 Å². The second-order valence-corrected chi connectivity index (χ2v) is 4.69. The lowest BCUT2D eigenvalue weighted by Crippen LogP contribution is -1.94. The Hall–Kier alpha value is -2.08. The third-order valence-corrected chi connectivity index (χ3v) is 3.22. The van der Waals surface area contributed by atoms with Crippen molar-refractivity contribution < 1.29 is 9.31 Å². The van der Waals surface area contributed by atoms with Gasteiger partial charge < -0.3 is 5.32 Å². The Bertz CT molecular complexity index is 602. The number of rotatable bonds is 4. The van der Waals surface area contributed by atoms with Gasteiger partial charge in [-0.1, -0.05) is 0 Å². The van der Waals surface area contributed by atoms with Crippen molar-refractivity contribution in [2.75, 3.05) is 11.6 Å². The largest absolute Gasteiger partial charge is 0.355 e. The topological polar surface area (TPSA) is 55.2 Å². The van der Waals surface area contributed by atoms with Crippen molar-refractivity contribution in [3.63, 3.8) is 0 Å². The van der Waals surface area contributed by atoms with E-state index in [2.05, 4.69) is 5.32 Å². The molecule has 1 N–H and O–H groups in total. The maximum absolute atomic E-state index is 13.3. The molecule has 2 aromatic rings. The predicted molar refractivity (Wildman–Crippen MR) is 74.6 cm³/mol. The number of nitrogens with one attached hydrogen (secondary N) is 1. The van der Waals surface area contributed by atoms with E-state index >= 15 is 0 Å². The number of hydrogen-bond donors (Lipinski definition) is 1. The molecule has 0 spiro atoms. The normalized spacial score (nSPS) is 10.2. The summed E-state index contributed by atoms with van der Waals surface area (Å²) in [5.41, 5.74) is 0.824. The molecule has 0 bridgehead atoms. The smallest absolute Gasteiger partial charge is 0.274 e. The van der Waals surface area contributed by atoms with Crippen LogP contribution in [0.1, 0.15) is 0 Å². The van der Waals surface area contributed by atoms with E-state index in [9.17, 15) is 14.5 Å². The molecule has 19 heavy (non-hydrogen) atoms. The summed E-state index contributed by atoms with van der Waals surface area (Å²) in [4.78, 5) is 11.1. The molecule has 0 atom stereocenters. The highest BCUT2D eigenvalue weighted by molar-refractivity contribution is 7.98. The van der Waals surface area contributed by atoms with E-state index in [1.165, 1.54) is 12.1 Å². The van der Waals surface area contributed by atoms with Gasteiger partial charge in [-0.2, -0.15) is 0 Å². The number of anilines is 2. The Balaban J connectivity index is 2.24. The number of nitrogens with zero attached hydrogens (tertiary/aromatic N) is 1. The lowest BCUT2D eigenvalue weighted by atomic mass is 10.2. The zero-order chi connectivity index (χ0) is 13.8. The maximum atomic E-state index is 13.3. The minimum atomic E-state index is -0.641. The van der Waals surface area contributed by atoms with Crippen molar-refractivity contribution in [2.24, 2.45) is 0 Å². The van der Waals surface area contributed by atoms with Crippen molar-refractivity contribution in [3.8, 4) is 0 Å². The van der Waals surface area contributed by atoms with Crippen LogP contribution in [0.4, 0.5) is 21.5 Å². The molecule has 0 aliphatic rings. The first-order valence-electron chi connectivity index (χ1n) is 5.44. The average molecular weight is 278 g/mol. The van der Waals surface area contributed by atoms with Gasteiger partial charge in [-0.3, -0.25) is 10.1 Å². The molecule has 6 heteroatoms. The SMILES string of the molecule is CSc1ccc(Nc2cc(F)cc([N+](=O)[O-])c2)cc1. The summed E-state index contributed by atoms with van der Waals surface area (Å²) in [6, 6.07) is 10.9. The first-order valence-corrected chi connectivity index (χ1v) is 6.67. The quantitative estimate of drug-likeness (QED) is 0.517. The van der Waals surface area contributed by atoms with Crippen LogP contribution < -0.4 is 5.32 Å². The van der Waals surface area contributed by atoms with Crippen molar-refractivity contribution in [3.05, 3.63) is 58.4 Å². The number of nitro groups is 1. The van der Waals surface area contributed by atoms with Gasteiger partial charge in [0.1, 0.15) is 5.82 Å². The molecule has 0 fully saturated rings. The molecule has 0 aliphatic heterocycles. The third kappa shape index (κ3) is 3.45. The van der Waals surface area contributed by atoms with E-state index in [0.717, 1.165) is 16.6 Å². The van der Waals surface area contributed by atoms with Crippen molar-refractivity contribution in [1.29, 1.82) is 0 Å². The summed E-state index contributed by atoms with van der Waals surface area (Å²) >= 11 is 1.62. The molecule has 0 saturated carbocycles. The fourth-order valence-electron chi connectivity index (χ4n) is 1.59. The standard InChI is InChI=1S/C13H11FN2O2S/c1-19-13-4-2-10(3-5-13)15-11-6-9(14)7-12(8-11)16(17)18/h2-8,15H,1H3. The number of thioether (sulfide) groups is 1. The molecule has 0 amide bonds. The van der Waals surface area contributed by atoms with Gasteiger partial charge in [0.2, 0.25) is 0 Å². The molecule has 0 aliphatic carbocycles. The molecule has 0 unspecified atom stereocenters. The Morgan fingerprint density at radius 1 is 1.16 bits per heavy atom. The first-order chi connectivity index (χ1) is 9.08. The highest BCUT2D eigenvalue weighted by Gasteiger charge is 2.09. The Labute approximate surface area is 113 Å². The van der Waals surface area contributed by atoms with Gasteiger partial charge >= 0.3 is 0 Å². The Morgan fingerprint density at radius 2 is 1.84 bits per heavy atom. The second-order valence-electron chi connectivity index (χ2n) is 3.81. The molecular formula is C13H11FN2O2S. The van der Waals surface area contributed by atoms with Crippen molar-refractivity contribution in [2.45, 2.75) is 4.90 Å². The van der Waals surface area contributed by atoms with Gasteiger partial charge in [-0.15, -0.1) is 11.8 Å². The lowest BCUT2D eigenvalue weighted by Gasteiger charge is -2.07. The summed E-state index contributed by atoms with van der Waals surface area (Å²) in [7, 11) is 0. The number of hydrogen-bond acceptors (Lipinski definition) is 4. The zero-order valence-electron chi connectivity index (χ0n) is 10.1. The molecule has 2 rings (SSSR count). The highest BCUT2D eigenvalue weighted by atomic mass is 32.2. The van der Waals surface area contributed by atoms with Crippen LogP contribution >= 0.6 is 11.8 Å². The van der Waals surface area contributed by atoms with Gasteiger partial charge in [0, 0.05) is 22.3 Å². The molecular weight excluding hydrogens is 267 g/mol. The van der Waals surface area contributed by atoms with Gasteiger partial charge in [0.15, 0.2) is 0 Å². The van der Waals surface area contributed by atoms with E-state index in [1.807, 2.05) is 30.5 Å². The molecule has 98 valence electrons. The Morgan fingerprint density at radius 3 is 2.42 bits per heavy atom. The minimum absolute atomic E-state index is 0.275. The van der Waals surface area contributed by atoms with Crippen molar-refractivity contribution >= 4 is 28.8 Å². The lowest BCUT2D eigenvalue weighted by molar-refractivity contribution is -0.385. The summed E-state index contributed by atoms with van der Waals surface area (Å²) in [6.07, 6.45) is 1.97. The second kappa shape index (κ2) is 5.71. The summed E-state index contributed by atoms with van der Waals surface area (Å²) in [5.74, 6) is -0.641. The molecule has 2 aromatic carbocycles. The van der Waals surface area contributed by atoms with E-state index in [-0.39, 0.29) is 5.69 Å². The van der Waals surface area contributed by atoms with Gasteiger partial charge in [0.25, 0.3) is 5.69 Å². The van der Waals surface area contributed by atoms with Crippen LogP contribution in [0, 0.1) is 15.9 Å². The van der Waals surface area contributed by atoms with Crippen LogP contribution in [0.2, 0.25) is 0 Å². The van der Waals surface area contributed by atoms with Crippen LogP contribution in [0.15, 0.2) is 47.4 Å². The van der Waals surface area contributed by atoms with Gasteiger partial charge in [0.05, 0.1) is 11.0 Å².